The highest BCUT2D eigenvalue weighted by atomic mass is 16.5. The fraction of sp³-hybridized carbons (Fsp3) is 0.667. The Morgan fingerprint density at radius 1 is 1.33 bits per heavy atom. The predicted molar refractivity (Wildman–Crippen MR) is 75.6 cm³/mol. The lowest BCUT2D eigenvalue weighted by Crippen LogP contribution is -2.41. The second kappa shape index (κ2) is 6.30. The summed E-state index contributed by atoms with van der Waals surface area (Å²) in [6, 6.07) is 4.36. The van der Waals surface area contributed by atoms with Crippen LogP contribution in [-0.2, 0) is 4.74 Å². The highest BCUT2D eigenvalue weighted by Crippen LogP contribution is 2.32. The molecule has 3 heteroatoms. The molecule has 1 rings (SSSR count). The lowest BCUT2D eigenvalue weighted by molar-refractivity contribution is -0.0116. The smallest absolute Gasteiger partial charge is 0.0814 e. The van der Waals surface area contributed by atoms with Gasteiger partial charge >= 0.3 is 0 Å². The fourth-order valence-corrected chi connectivity index (χ4v) is 2.27. The minimum absolute atomic E-state index is 0.0759. The first-order valence-electron chi connectivity index (χ1n) is 6.59. The number of hydrogen-bond donors (Lipinski definition) is 1. The van der Waals surface area contributed by atoms with Crippen LogP contribution < -0.4 is 5.32 Å². The summed E-state index contributed by atoms with van der Waals surface area (Å²) in [7, 11) is 1.78. The zero-order valence-corrected chi connectivity index (χ0v) is 12.4. The maximum absolute atomic E-state index is 5.72. The third-order valence-corrected chi connectivity index (χ3v) is 3.13. The topological polar surface area (TPSA) is 34.2 Å². The fourth-order valence-electron chi connectivity index (χ4n) is 2.27. The van der Waals surface area contributed by atoms with Crippen molar-refractivity contribution in [3.05, 3.63) is 29.6 Å². The van der Waals surface area contributed by atoms with Gasteiger partial charge in [-0.3, -0.25) is 4.98 Å². The molecule has 1 aromatic rings. The third kappa shape index (κ3) is 3.79. The zero-order chi connectivity index (χ0) is 13.8. The van der Waals surface area contributed by atoms with Crippen molar-refractivity contribution in [3.8, 4) is 0 Å². The van der Waals surface area contributed by atoms with Gasteiger partial charge < -0.3 is 10.1 Å². The van der Waals surface area contributed by atoms with Gasteiger partial charge in [0.05, 0.1) is 12.1 Å². The number of hydrogen-bond acceptors (Lipinski definition) is 3. The largest absolute Gasteiger partial charge is 0.379 e. The van der Waals surface area contributed by atoms with E-state index in [9.17, 15) is 0 Å². The molecule has 18 heavy (non-hydrogen) atoms. The molecular formula is C15H26N2O. The molecule has 2 atom stereocenters. The Hall–Kier alpha value is -0.930. The molecular weight excluding hydrogens is 224 g/mol. The van der Waals surface area contributed by atoms with Gasteiger partial charge in [0, 0.05) is 19.0 Å². The minimum atomic E-state index is 0.0759. The van der Waals surface area contributed by atoms with Gasteiger partial charge in [-0.2, -0.15) is 0 Å². The van der Waals surface area contributed by atoms with E-state index in [1.54, 1.807) is 7.11 Å². The summed E-state index contributed by atoms with van der Waals surface area (Å²) < 4.78 is 5.72. The molecule has 0 saturated heterocycles. The van der Waals surface area contributed by atoms with Gasteiger partial charge in [0.1, 0.15) is 0 Å². The molecule has 0 amide bonds. The minimum Gasteiger partial charge on any atom is -0.379 e. The summed E-state index contributed by atoms with van der Waals surface area (Å²) in [6.07, 6.45) is 2.06. The van der Waals surface area contributed by atoms with E-state index in [-0.39, 0.29) is 17.6 Å². The summed E-state index contributed by atoms with van der Waals surface area (Å²) in [6.45, 7) is 11.6. The molecule has 0 saturated carbocycles. The number of likely N-dealkylation sites (N-methyl/N-ethyl adjacent to an activating group) is 1. The summed E-state index contributed by atoms with van der Waals surface area (Å²) in [5, 5.41) is 3.51. The number of nitrogens with one attached hydrogen (secondary N) is 1. The average Bonchev–Trinajstić information content (AvgIpc) is 2.28. The Bertz CT molecular complexity index is 354. The molecule has 2 unspecified atom stereocenters. The first kappa shape index (κ1) is 15.1. The number of ether oxygens (including phenoxy) is 1. The molecule has 0 fully saturated rings. The highest BCUT2D eigenvalue weighted by molar-refractivity contribution is 5.19. The Labute approximate surface area is 111 Å². The molecule has 0 bridgehead atoms. The first-order valence-corrected chi connectivity index (χ1v) is 6.59. The van der Waals surface area contributed by atoms with E-state index < -0.39 is 0 Å². The van der Waals surface area contributed by atoms with Gasteiger partial charge in [0.25, 0.3) is 0 Å². The standard InChI is InChI=1S/C15H26N2O/c1-7-16-13(14(18-6)15(3,4)5)12-9-8-11(2)17-10-12/h8-10,13-14,16H,7H2,1-6H3. The van der Waals surface area contributed by atoms with E-state index in [0.717, 1.165) is 12.2 Å². The molecule has 102 valence electrons. The van der Waals surface area contributed by atoms with Crippen molar-refractivity contribution in [1.82, 2.24) is 10.3 Å². The quantitative estimate of drug-likeness (QED) is 0.872. The van der Waals surface area contributed by atoms with Crippen LogP contribution in [0.4, 0.5) is 0 Å². The van der Waals surface area contributed by atoms with Crippen molar-refractivity contribution >= 4 is 0 Å². The molecule has 0 aliphatic rings. The average molecular weight is 250 g/mol. The lowest BCUT2D eigenvalue weighted by Gasteiger charge is -2.36. The van der Waals surface area contributed by atoms with Gasteiger partial charge in [0.2, 0.25) is 0 Å². The van der Waals surface area contributed by atoms with E-state index in [4.69, 9.17) is 4.74 Å². The van der Waals surface area contributed by atoms with E-state index in [0.29, 0.717) is 0 Å². The molecule has 1 aromatic heterocycles. The normalized spacial score (nSPS) is 15.4. The molecule has 0 aromatic carbocycles. The van der Waals surface area contributed by atoms with Crippen molar-refractivity contribution in [2.24, 2.45) is 5.41 Å². The highest BCUT2D eigenvalue weighted by Gasteiger charge is 2.33. The van der Waals surface area contributed by atoms with Crippen molar-refractivity contribution in [2.75, 3.05) is 13.7 Å². The monoisotopic (exact) mass is 250 g/mol. The van der Waals surface area contributed by atoms with Crippen molar-refractivity contribution in [1.29, 1.82) is 0 Å². The van der Waals surface area contributed by atoms with Crippen LogP contribution in [0.5, 0.6) is 0 Å². The van der Waals surface area contributed by atoms with Gasteiger partial charge in [-0.05, 0) is 30.5 Å². The Morgan fingerprint density at radius 2 is 2.00 bits per heavy atom. The van der Waals surface area contributed by atoms with Gasteiger partial charge in [-0.1, -0.05) is 33.8 Å². The van der Waals surface area contributed by atoms with Crippen molar-refractivity contribution in [3.63, 3.8) is 0 Å². The van der Waals surface area contributed by atoms with Gasteiger partial charge in [0.15, 0.2) is 0 Å². The molecule has 1 N–H and O–H groups in total. The summed E-state index contributed by atoms with van der Waals surface area (Å²) >= 11 is 0. The van der Waals surface area contributed by atoms with Crippen LogP contribution in [0.15, 0.2) is 18.3 Å². The van der Waals surface area contributed by atoms with Gasteiger partial charge in [-0.15, -0.1) is 0 Å². The predicted octanol–water partition coefficient (Wildman–Crippen LogP) is 3.10. The molecule has 3 nitrogen and oxygen atoms in total. The van der Waals surface area contributed by atoms with Crippen LogP contribution in [0.25, 0.3) is 0 Å². The maximum Gasteiger partial charge on any atom is 0.0814 e. The number of rotatable bonds is 5. The van der Waals surface area contributed by atoms with Crippen LogP contribution in [0.2, 0.25) is 0 Å². The van der Waals surface area contributed by atoms with E-state index >= 15 is 0 Å². The Balaban J connectivity index is 3.04. The SMILES string of the molecule is CCNC(c1ccc(C)nc1)C(OC)C(C)(C)C. The zero-order valence-electron chi connectivity index (χ0n) is 12.4. The van der Waals surface area contributed by atoms with Crippen LogP contribution in [0.1, 0.15) is 45.0 Å². The Morgan fingerprint density at radius 3 is 2.39 bits per heavy atom. The van der Waals surface area contributed by atoms with E-state index in [1.165, 1.54) is 5.56 Å². The van der Waals surface area contributed by atoms with E-state index in [2.05, 4.69) is 50.1 Å². The second-order valence-electron chi connectivity index (χ2n) is 5.79. The third-order valence-electron chi connectivity index (χ3n) is 3.13. The second-order valence-corrected chi connectivity index (χ2v) is 5.79. The van der Waals surface area contributed by atoms with Crippen molar-refractivity contribution < 1.29 is 4.74 Å². The Kier molecular flexibility index (Phi) is 5.29. The van der Waals surface area contributed by atoms with Crippen LogP contribution in [0, 0.1) is 12.3 Å². The van der Waals surface area contributed by atoms with Gasteiger partial charge in [-0.25, -0.2) is 0 Å². The number of nitrogens with zero attached hydrogens (tertiary/aromatic N) is 1. The summed E-state index contributed by atoms with van der Waals surface area (Å²) in [5.41, 5.74) is 2.30. The number of aromatic nitrogens is 1. The molecule has 0 radical (unpaired) electrons. The molecule has 1 heterocycles. The lowest BCUT2D eigenvalue weighted by atomic mass is 9.82. The number of pyridine rings is 1. The van der Waals surface area contributed by atoms with Crippen LogP contribution >= 0.6 is 0 Å². The van der Waals surface area contributed by atoms with Crippen LogP contribution in [-0.4, -0.2) is 24.7 Å². The maximum atomic E-state index is 5.72. The molecule has 0 spiro atoms. The summed E-state index contributed by atoms with van der Waals surface area (Å²) in [5.74, 6) is 0. The van der Waals surface area contributed by atoms with E-state index in [1.807, 2.05) is 13.1 Å². The summed E-state index contributed by atoms with van der Waals surface area (Å²) in [4.78, 5) is 4.39. The first-order chi connectivity index (χ1) is 8.40. The molecule has 0 aliphatic heterocycles. The molecule has 0 aliphatic carbocycles. The number of methoxy groups -OCH3 is 1. The van der Waals surface area contributed by atoms with Crippen molar-refractivity contribution in [2.45, 2.75) is 46.8 Å². The van der Waals surface area contributed by atoms with Crippen LogP contribution in [0.3, 0.4) is 0 Å². The number of aryl methyl sites for hydroxylation is 1.